The fourth-order valence-corrected chi connectivity index (χ4v) is 2.45. The maximum atomic E-state index is 12.3. The number of carbonyl (C=O) groups is 2. The number of nitrogens with one attached hydrogen (secondary N) is 1. The molecule has 110 valence electrons. The molecule has 2 rings (SSSR count). The molecule has 1 aromatic rings. The Morgan fingerprint density at radius 2 is 2.40 bits per heavy atom. The highest BCUT2D eigenvalue weighted by molar-refractivity contribution is 5.99. The second-order valence-electron chi connectivity index (χ2n) is 5.05. The van der Waals surface area contributed by atoms with Crippen LogP contribution >= 0.6 is 0 Å². The first-order chi connectivity index (χ1) is 9.52. The lowest BCUT2D eigenvalue weighted by atomic mass is 10.1. The third kappa shape index (κ3) is 2.98. The molecule has 2 unspecified atom stereocenters. The van der Waals surface area contributed by atoms with Crippen LogP contribution in [0.5, 0.6) is 0 Å². The van der Waals surface area contributed by atoms with E-state index in [9.17, 15) is 9.59 Å². The average molecular weight is 280 g/mol. The molecule has 0 saturated carbocycles. The molecule has 1 fully saturated rings. The van der Waals surface area contributed by atoms with Crippen molar-refractivity contribution < 1.29 is 14.7 Å². The van der Waals surface area contributed by atoms with Gasteiger partial charge in [0.2, 0.25) is 5.91 Å². The van der Waals surface area contributed by atoms with Gasteiger partial charge in [0.25, 0.3) is 0 Å². The minimum Gasteiger partial charge on any atom is -0.480 e. The van der Waals surface area contributed by atoms with Gasteiger partial charge in [-0.15, -0.1) is 0 Å². The van der Waals surface area contributed by atoms with Crippen LogP contribution in [0.25, 0.3) is 0 Å². The van der Waals surface area contributed by atoms with Crippen LogP contribution in [0.3, 0.4) is 0 Å². The van der Waals surface area contributed by atoms with Gasteiger partial charge in [-0.2, -0.15) is 5.10 Å². The van der Waals surface area contributed by atoms with Crippen molar-refractivity contribution in [2.45, 2.75) is 38.3 Å². The average Bonchev–Trinajstić information content (AvgIpc) is 2.96. The number of amides is 1. The molecule has 1 aliphatic heterocycles. The summed E-state index contributed by atoms with van der Waals surface area (Å²) in [5.41, 5.74) is 0.754. The normalized spacial score (nSPS) is 20.4. The van der Waals surface area contributed by atoms with Crippen molar-refractivity contribution in [2.75, 3.05) is 11.4 Å². The maximum Gasteiger partial charge on any atom is 0.320 e. The van der Waals surface area contributed by atoms with Gasteiger partial charge in [0.05, 0.1) is 17.9 Å². The maximum absolute atomic E-state index is 12.3. The molecule has 0 spiro atoms. The minimum absolute atomic E-state index is 0.0830. The van der Waals surface area contributed by atoms with Crippen LogP contribution in [0.4, 0.5) is 5.69 Å². The number of nitrogens with zero attached hydrogens (tertiary/aromatic N) is 3. The molecule has 7 nitrogen and oxygen atoms in total. The smallest absolute Gasteiger partial charge is 0.320 e. The van der Waals surface area contributed by atoms with E-state index in [0.717, 1.165) is 12.1 Å². The van der Waals surface area contributed by atoms with Crippen LogP contribution in [0.15, 0.2) is 12.4 Å². The summed E-state index contributed by atoms with van der Waals surface area (Å²) in [6.45, 7) is 2.51. The first kappa shape index (κ1) is 14.5. The van der Waals surface area contributed by atoms with E-state index in [1.807, 2.05) is 6.92 Å². The zero-order valence-electron chi connectivity index (χ0n) is 11.7. The minimum atomic E-state index is -0.903. The second kappa shape index (κ2) is 6.04. The van der Waals surface area contributed by atoms with Crippen LogP contribution in [-0.4, -0.2) is 45.4 Å². The second-order valence-corrected chi connectivity index (χ2v) is 5.05. The summed E-state index contributed by atoms with van der Waals surface area (Å²) in [4.78, 5) is 25.1. The lowest BCUT2D eigenvalue weighted by molar-refractivity contribution is -0.140. The molecule has 2 heterocycles. The number of aliphatic carboxylic acids is 1. The highest BCUT2D eigenvalue weighted by Gasteiger charge is 2.35. The molecule has 2 atom stereocenters. The Labute approximate surface area is 117 Å². The van der Waals surface area contributed by atoms with Crippen LogP contribution < -0.4 is 10.2 Å². The van der Waals surface area contributed by atoms with Crippen molar-refractivity contribution in [1.82, 2.24) is 15.1 Å². The number of aryl methyl sites for hydroxylation is 1. The Kier molecular flexibility index (Phi) is 4.39. The monoisotopic (exact) mass is 280 g/mol. The van der Waals surface area contributed by atoms with E-state index in [-0.39, 0.29) is 5.91 Å². The molecule has 0 bridgehead atoms. The molecule has 1 amide bonds. The van der Waals surface area contributed by atoms with Crippen molar-refractivity contribution in [3.63, 3.8) is 0 Å². The van der Waals surface area contributed by atoms with E-state index < -0.39 is 18.1 Å². The lowest BCUT2D eigenvalue weighted by Gasteiger charge is -2.19. The number of rotatable bonds is 6. The van der Waals surface area contributed by atoms with Crippen LogP contribution in [0.2, 0.25) is 0 Å². The van der Waals surface area contributed by atoms with E-state index in [1.165, 1.54) is 0 Å². The Balaban J connectivity index is 2.02. The van der Waals surface area contributed by atoms with Crippen molar-refractivity contribution >= 4 is 17.6 Å². The van der Waals surface area contributed by atoms with Crippen molar-refractivity contribution in [3.8, 4) is 0 Å². The van der Waals surface area contributed by atoms with E-state index in [4.69, 9.17) is 5.11 Å². The Morgan fingerprint density at radius 3 is 2.95 bits per heavy atom. The Hall–Kier alpha value is -1.89. The number of hydrogen-bond acceptors (Lipinski definition) is 4. The van der Waals surface area contributed by atoms with Gasteiger partial charge in [-0.1, -0.05) is 13.3 Å². The predicted molar refractivity (Wildman–Crippen MR) is 73.4 cm³/mol. The zero-order chi connectivity index (χ0) is 14.7. The van der Waals surface area contributed by atoms with Gasteiger partial charge in [0, 0.05) is 19.8 Å². The van der Waals surface area contributed by atoms with Crippen molar-refractivity contribution in [3.05, 3.63) is 12.4 Å². The quantitative estimate of drug-likeness (QED) is 0.786. The molecular weight excluding hydrogens is 260 g/mol. The number of hydrogen-bond donors (Lipinski definition) is 2. The molecule has 1 aliphatic rings. The predicted octanol–water partition coefficient (Wildman–Crippen LogP) is 0.368. The van der Waals surface area contributed by atoms with Crippen LogP contribution in [0.1, 0.15) is 26.2 Å². The summed E-state index contributed by atoms with van der Waals surface area (Å²) in [5, 5.41) is 16.1. The van der Waals surface area contributed by atoms with E-state index in [1.54, 1.807) is 29.0 Å². The van der Waals surface area contributed by atoms with Gasteiger partial charge in [-0.05, 0) is 12.8 Å². The number of carboxylic acids is 1. The third-order valence-corrected chi connectivity index (χ3v) is 3.49. The molecule has 0 aromatic carbocycles. The lowest BCUT2D eigenvalue weighted by Crippen LogP contribution is -2.47. The van der Waals surface area contributed by atoms with Crippen molar-refractivity contribution in [2.24, 2.45) is 7.05 Å². The Bertz CT molecular complexity index is 500. The number of aromatic nitrogens is 2. The largest absolute Gasteiger partial charge is 0.480 e. The molecule has 20 heavy (non-hydrogen) atoms. The number of carboxylic acid groups (broad SMARTS) is 1. The van der Waals surface area contributed by atoms with Gasteiger partial charge >= 0.3 is 5.97 Å². The molecule has 2 N–H and O–H groups in total. The summed E-state index contributed by atoms with van der Waals surface area (Å²) in [6.07, 6.45) is 5.31. The summed E-state index contributed by atoms with van der Waals surface area (Å²) >= 11 is 0. The summed E-state index contributed by atoms with van der Waals surface area (Å²) < 4.78 is 1.64. The fourth-order valence-electron chi connectivity index (χ4n) is 2.45. The van der Waals surface area contributed by atoms with Gasteiger partial charge in [0.1, 0.15) is 6.04 Å². The molecule has 0 radical (unpaired) electrons. The number of anilines is 1. The SMILES string of the molecule is CCCC(NC1CCN(c2cnn(C)c2)C1=O)C(=O)O. The van der Waals surface area contributed by atoms with Gasteiger partial charge < -0.3 is 10.0 Å². The van der Waals surface area contributed by atoms with Crippen LogP contribution in [-0.2, 0) is 16.6 Å². The van der Waals surface area contributed by atoms with Gasteiger partial charge in [0.15, 0.2) is 0 Å². The van der Waals surface area contributed by atoms with E-state index in [0.29, 0.717) is 19.4 Å². The summed E-state index contributed by atoms with van der Waals surface area (Å²) in [6, 6.07) is -1.09. The highest BCUT2D eigenvalue weighted by Crippen LogP contribution is 2.21. The van der Waals surface area contributed by atoms with E-state index >= 15 is 0 Å². The molecule has 7 heteroatoms. The zero-order valence-corrected chi connectivity index (χ0v) is 11.7. The van der Waals surface area contributed by atoms with E-state index in [2.05, 4.69) is 10.4 Å². The molecular formula is C13H20N4O3. The fraction of sp³-hybridized carbons (Fsp3) is 0.615. The first-order valence-electron chi connectivity index (χ1n) is 6.81. The third-order valence-electron chi connectivity index (χ3n) is 3.49. The molecule has 0 aliphatic carbocycles. The number of carbonyl (C=O) groups excluding carboxylic acids is 1. The standard InChI is InChI=1S/C13H20N4O3/c1-3-4-11(13(19)20)15-10-5-6-17(12(10)18)9-7-14-16(2)8-9/h7-8,10-11,15H,3-6H2,1-2H3,(H,19,20). The van der Waals surface area contributed by atoms with Gasteiger partial charge in [-0.25, -0.2) is 0 Å². The first-order valence-corrected chi connectivity index (χ1v) is 6.81. The van der Waals surface area contributed by atoms with Crippen LogP contribution in [0, 0.1) is 0 Å². The molecule has 1 saturated heterocycles. The highest BCUT2D eigenvalue weighted by atomic mass is 16.4. The van der Waals surface area contributed by atoms with Gasteiger partial charge in [-0.3, -0.25) is 19.6 Å². The Morgan fingerprint density at radius 1 is 1.65 bits per heavy atom. The molecule has 1 aromatic heterocycles. The summed E-state index contributed by atoms with van der Waals surface area (Å²) in [7, 11) is 1.79. The van der Waals surface area contributed by atoms with Crippen molar-refractivity contribution in [1.29, 1.82) is 0 Å². The summed E-state index contributed by atoms with van der Waals surface area (Å²) in [5.74, 6) is -0.986. The topological polar surface area (TPSA) is 87.5 Å².